The monoisotopic (exact) mass is 257 g/mol. The average Bonchev–Trinajstić information content (AvgIpc) is 2.43. The minimum atomic E-state index is 0.658. The van der Waals surface area contributed by atoms with Crippen LogP contribution in [0.5, 0.6) is 0 Å². The molecule has 19 heavy (non-hydrogen) atoms. The highest BCUT2D eigenvalue weighted by Gasteiger charge is 2.10. The van der Waals surface area contributed by atoms with E-state index in [0.717, 1.165) is 23.5 Å². The molecule has 1 heterocycles. The number of rotatable bonds is 4. The minimum Gasteiger partial charge on any atom is -0.340 e. The molecule has 0 saturated carbocycles. The molecule has 5 heteroatoms. The van der Waals surface area contributed by atoms with Crippen molar-refractivity contribution in [3.05, 3.63) is 41.2 Å². The summed E-state index contributed by atoms with van der Waals surface area (Å²) in [6, 6.07) is 6.16. The van der Waals surface area contributed by atoms with E-state index in [1.807, 2.05) is 19.1 Å². The van der Waals surface area contributed by atoms with Crippen LogP contribution >= 0.6 is 0 Å². The summed E-state index contributed by atoms with van der Waals surface area (Å²) in [6.45, 7) is 6.23. The number of aryl methyl sites for hydroxylation is 1. The van der Waals surface area contributed by atoms with Crippen molar-refractivity contribution in [3.63, 3.8) is 0 Å². The van der Waals surface area contributed by atoms with Crippen molar-refractivity contribution in [1.82, 2.24) is 9.97 Å². The summed E-state index contributed by atoms with van der Waals surface area (Å²) in [5.74, 6) is 6.92. The Balaban J connectivity index is 2.41. The molecule has 0 atom stereocenters. The molecule has 0 bridgehead atoms. The number of nitrogens with two attached hydrogens (primary N) is 1. The van der Waals surface area contributed by atoms with Crippen LogP contribution in [0, 0.1) is 13.8 Å². The standard InChI is InChI=1S/C14H19N5/c1-4-11-13(16-8-17-14(11)19-15)18-12-7-5-6-9(2)10(12)3/h5-8H,4,15H2,1-3H3,(H2,16,17,18,19). The average molecular weight is 257 g/mol. The van der Waals surface area contributed by atoms with Crippen molar-refractivity contribution >= 4 is 17.3 Å². The van der Waals surface area contributed by atoms with Crippen LogP contribution in [0.2, 0.25) is 0 Å². The highest BCUT2D eigenvalue weighted by Crippen LogP contribution is 2.26. The second kappa shape index (κ2) is 5.67. The number of benzene rings is 1. The van der Waals surface area contributed by atoms with Gasteiger partial charge in [0.2, 0.25) is 0 Å². The van der Waals surface area contributed by atoms with E-state index in [0.29, 0.717) is 5.82 Å². The zero-order chi connectivity index (χ0) is 13.8. The van der Waals surface area contributed by atoms with E-state index in [2.05, 4.69) is 40.6 Å². The molecule has 0 aliphatic heterocycles. The predicted molar refractivity (Wildman–Crippen MR) is 78.4 cm³/mol. The zero-order valence-electron chi connectivity index (χ0n) is 11.5. The van der Waals surface area contributed by atoms with E-state index in [9.17, 15) is 0 Å². The maximum Gasteiger partial charge on any atom is 0.148 e. The number of aromatic nitrogens is 2. The first kappa shape index (κ1) is 13.3. The molecule has 2 aromatic rings. The molecule has 1 aromatic carbocycles. The predicted octanol–water partition coefficient (Wildman–Crippen LogP) is 2.69. The van der Waals surface area contributed by atoms with Gasteiger partial charge in [0.05, 0.1) is 0 Å². The number of nitrogen functional groups attached to an aromatic ring is 1. The first-order chi connectivity index (χ1) is 9.17. The number of nitrogens with zero attached hydrogens (tertiary/aromatic N) is 2. The third kappa shape index (κ3) is 2.66. The van der Waals surface area contributed by atoms with Crippen LogP contribution in [-0.2, 0) is 6.42 Å². The SMILES string of the molecule is CCc1c(NN)ncnc1Nc1cccc(C)c1C. The van der Waals surface area contributed by atoms with E-state index in [-0.39, 0.29) is 0 Å². The number of anilines is 3. The highest BCUT2D eigenvalue weighted by molar-refractivity contribution is 5.67. The summed E-state index contributed by atoms with van der Waals surface area (Å²) in [5.41, 5.74) is 7.10. The molecular formula is C14H19N5. The van der Waals surface area contributed by atoms with E-state index in [1.54, 1.807) is 0 Å². The number of hydrazine groups is 1. The third-order valence-electron chi connectivity index (χ3n) is 3.29. The van der Waals surface area contributed by atoms with Gasteiger partial charge in [0.15, 0.2) is 0 Å². The van der Waals surface area contributed by atoms with Gasteiger partial charge in [-0.1, -0.05) is 19.1 Å². The maximum absolute atomic E-state index is 5.47. The van der Waals surface area contributed by atoms with Gasteiger partial charge in [-0.2, -0.15) is 0 Å². The van der Waals surface area contributed by atoms with Crippen molar-refractivity contribution in [2.45, 2.75) is 27.2 Å². The smallest absolute Gasteiger partial charge is 0.148 e. The molecule has 0 fully saturated rings. The minimum absolute atomic E-state index is 0.658. The van der Waals surface area contributed by atoms with Gasteiger partial charge in [0.25, 0.3) is 0 Å². The second-order valence-electron chi connectivity index (χ2n) is 4.42. The zero-order valence-corrected chi connectivity index (χ0v) is 11.5. The lowest BCUT2D eigenvalue weighted by Gasteiger charge is -2.15. The van der Waals surface area contributed by atoms with Crippen LogP contribution in [0.4, 0.5) is 17.3 Å². The summed E-state index contributed by atoms with van der Waals surface area (Å²) in [7, 11) is 0. The molecule has 0 spiro atoms. The number of hydrogen-bond donors (Lipinski definition) is 3. The lowest BCUT2D eigenvalue weighted by Crippen LogP contribution is -2.13. The summed E-state index contributed by atoms with van der Waals surface area (Å²) >= 11 is 0. The number of nitrogens with one attached hydrogen (secondary N) is 2. The maximum atomic E-state index is 5.47. The van der Waals surface area contributed by atoms with Crippen LogP contribution in [0.1, 0.15) is 23.6 Å². The number of hydrogen-bond acceptors (Lipinski definition) is 5. The molecule has 0 saturated heterocycles. The van der Waals surface area contributed by atoms with Gasteiger partial charge in [0.1, 0.15) is 18.0 Å². The fourth-order valence-corrected chi connectivity index (χ4v) is 1.99. The van der Waals surface area contributed by atoms with Crippen LogP contribution < -0.4 is 16.6 Å². The Morgan fingerprint density at radius 2 is 1.89 bits per heavy atom. The van der Waals surface area contributed by atoms with Gasteiger partial charge in [-0.25, -0.2) is 15.8 Å². The van der Waals surface area contributed by atoms with E-state index in [1.165, 1.54) is 17.5 Å². The third-order valence-corrected chi connectivity index (χ3v) is 3.29. The van der Waals surface area contributed by atoms with Crippen molar-refractivity contribution in [2.75, 3.05) is 10.7 Å². The molecule has 2 rings (SSSR count). The van der Waals surface area contributed by atoms with E-state index in [4.69, 9.17) is 5.84 Å². The first-order valence-corrected chi connectivity index (χ1v) is 6.31. The van der Waals surface area contributed by atoms with Crippen LogP contribution in [0.15, 0.2) is 24.5 Å². The van der Waals surface area contributed by atoms with Crippen LogP contribution in [-0.4, -0.2) is 9.97 Å². The van der Waals surface area contributed by atoms with E-state index >= 15 is 0 Å². The molecule has 0 unspecified atom stereocenters. The molecule has 100 valence electrons. The Bertz CT molecular complexity index is 580. The summed E-state index contributed by atoms with van der Waals surface area (Å²) in [5, 5.41) is 3.36. The Morgan fingerprint density at radius 1 is 1.16 bits per heavy atom. The molecular weight excluding hydrogens is 238 g/mol. The van der Waals surface area contributed by atoms with Gasteiger partial charge in [-0.3, -0.25) is 0 Å². The lowest BCUT2D eigenvalue weighted by molar-refractivity contribution is 1.04. The normalized spacial score (nSPS) is 10.3. The van der Waals surface area contributed by atoms with Gasteiger partial charge in [-0.05, 0) is 37.5 Å². The van der Waals surface area contributed by atoms with Gasteiger partial charge in [-0.15, -0.1) is 0 Å². The Morgan fingerprint density at radius 3 is 2.58 bits per heavy atom. The largest absolute Gasteiger partial charge is 0.340 e. The molecule has 0 aliphatic rings. The highest BCUT2D eigenvalue weighted by atomic mass is 15.3. The van der Waals surface area contributed by atoms with Gasteiger partial charge in [0, 0.05) is 11.3 Å². The molecule has 5 nitrogen and oxygen atoms in total. The summed E-state index contributed by atoms with van der Waals surface area (Å²) in [6.07, 6.45) is 2.30. The van der Waals surface area contributed by atoms with Crippen molar-refractivity contribution in [2.24, 2.45) is 5.84 Å². The molecule has 0 aliphatic carbocycles. The summed E-state index contributed by atoms with van der Waals surface area (Å²) < 4.78 is 0. The second-order valence-corrected chi connectivity index (χ2v) is 4.42. The molecule has 4 N–H and O–H groups in total. The Labute approximate surface area is 113 Å². The molecule has 0 amide bonds. The fourth-order valence-electron chi connectivity index (χ4n) is 1.99. The molecule has 1 aromatic heterocycles. The fraction of sp³-hybridized carbons (Fsp3) is 0.286. The quantitative estimate of drug-likeness (QED) is 0.580. The Kier molecular flexibility index (Phi) is 3.97. The van der Waals surface area contributed by atoms with Crippen LogP contribution in [0.25, 0.3) is 0 Å². The molecule has 0 radical (unpaired) electrons. The van der Waals surface area contributed by atoms with Crippen molar-refractivity contribution < 1.29 is 0 Å². The van der Waals surface area contributed by atoms with Crippen LogP contribution in [0.3, 0.4) is 0 Å². The van der Waals surface area contributed by atoms with Gasteiger partial charge >= 0.3 is 0 Å². The topological polar surface area (TPSA) is 75.9 Å². The van der Waals surface area contributed by atoms with Crippen molar-refractivity contribution in [1.29, 1.82) is 0 Å². The first-order valence-electron chi connectivity index (χ1n) is 6.31. The van der Waals surface area contributed by atoms with Crippen molar-refractivity contribution in [3.8, 4) is 0 Å². The lowest BCUT2D eigenvalue weighted by atomic mass is 10.1. The Hall–Kier alpha value is -2.14. The van der Waals surface area contributed by atoms with E-state index < -0.39 is 0 Å². The summed E-state index contributed by atoms with van der Waals surface area (Å²) in [4.78, 5) is 8.43. The van der Waals surface area contributed by atoms with Gasteiger partial charge < -0.3 is 10.7 Å².